The molecule has 0 aromatic rings. The Labute approximate surface area is 55.6 Å². The SMILES string of the molecule is CC1=CCNCC1CO. The van der Waals surface area contributed by atoms with Crippen molar-refractivity contribution in [2.24, 2.45) is 5.92 Å². The van der Waals surface area contributed by atoms with Crippen molar-refractivity contribution >= 4 is 0 Å². The number of aliphatic hydroxyl groups excluding tert-OH is 1. The van der Waals surface area contributed by atoms with Gasteiger partial charge in [0.15, 0.2) is 0 Å². The van der Waals surface area contributed by atoms with E-state index >= 15 is 0 Å². The van der Waals surface area contributed by atoms with E-state index in [0.717, 1.165) is 13.1 Å². The van der Waals surface area contributed by atoms with Gasteiger partial charge >= 0.3 is 0 Å². The predicted octanol–water partition coefficient (Wildman–Crippen LogP) is 0.144. The predicted molar refractivity (Wildman–Crippen MR) is 37.2 cm³/mol. The summed E-state index contributed by atoms with van der Waals surface area (Å²) < 4.78 is 0. The molecular weight excluding hydrogens is 114 g/mol. The second-order valence-electron chi connectivity index (χ2n) is 2.49. The van der Waals surface area contributed by atoms with E-state index in [4.69, 9.17) is 5.11 Å². The van der Waals surface area contributed by atoms with Crippen LogP contribution < -0.4 is 5.32 Å². The van der Waals surface area contributed by atoms with Crippen molar-refractivity contribution in [2.45, 2.75) is 6.92 Å². The van der Waals surface area contributed by atoms with Gasteiger partial charge in [-0.3, -0.25) is 0 Å². The second-order valence-corrected chi connectivity index (χ2v) is 2.49. The van der Waals surface area contributed by atoms with Gasteiger partial charge in [-0.2, -0.15) is 0 Å². The van der Waals surface area contributed by atoms with E-state index < -0.39 is 0 Å². The highest BCUT2D eigenvalue weighted by Crippen LogP contribution is 2.10. The minimum atomic E-state index is 0.273. The van der Waals surface area contributed by atoms with Crippen LogP contribution >= 0.6 is 0 Å². The summed E-state index contributed by atoms with van der Waals surface area (Å²) in [6.45, 7) is 4.23. The molecule has 1 atom stereocenters. The van der Waals surface area contributed by atoms with Crippen molar-refractivity contribution in [3.8, 4) is 0 Å². The van der Waals surface area contributed by atoms with Crippen LogP contribution in [0.5, 0.6) is 0 Å². The third-order valence-electron chi connectivity index (χ3n) is 1.82. The largest absolute Gasteiger partial charge is 0.396 e. The zero-order valence-electron chi connectivity index (χ0n) is 5.72. The van der Waals surface area contributed by atoms with Crippen molar-refractivity contribution in [2.75, 3.05) is 19.7 Å². The number of aliphatic hydroxyl groups is 1. The average molecular weight is 127 g/mol. The molecule has 9 heavy (non-hydrogen) atoms. The fourth-order valence-corrected chi connectivity index (χ4v) is 1.03. The summed E-state index contributed by atoms with van der Waals surface area (Å²) in [7, 11) is 0. The van der Waals surface area contributed by atoms with Crippen molar-refractivity contribution in [3.05, 3.63) is 11.6 Å². The van der Waals surface area contributed by atoms with Crippen LogP contribution in [0.3, 0.4) is 0 Å². The smallest absolute Gasteiger partial charge is 0.0508 e. The Balaban J connectivity index is 2.50. The molecule has 2 N–H and O–H groups in total. The lowest BCUT2D eigenvalue weighted by molar-refractivity contribution is 0.240. The van der Waals surface area contributed by atoms with Gasteiger partial charge in [0.2, 0.25) is 0 Å². The van der Waals surface area contributed by atoms with Gasteiger partial charge in [0.25, 0.3) is 0 Å². The quantitative estimate of drug-likeness (QED) is 0.491. The Morgan fingerprint density at radius 2 is 2.67 bits per heavy atom. The lowest BCUT2D eigenvalue weighted by atomic mass is 9.99. The van der Waals surface area contributed by atoms with Crippen LogP contribution in [-0.4, -0.2) is 24.8 Å². The van der Waals surface area contributed by atoms with Gasteiger partial charge in [-0.25, -0.2) is 0 Å². The molecule has 0 aliphatic carbocycles. The minimum Gasteiger partial charge on any atom is -0.396 e. The van der Waals surface area contributed by atoms with Gasteiger partial charge in [-0.05, 0) is 6.92 Å². The molecular formula is C7H13NO. The van der Waals surface area contributed by atoms with Crippen LogP contribution in [0.1, 0.15) is 6.92 Å². The average Bonchev–Trinajstić information content (AvgIpc) is 1.89. The highest BCUT2D eigenvalue weighted by atomic mass is 16.3. The molecule has 2 nitrogen and oxygen atoms in total. The zero-order valence-corrected chi connectivity index (χ0v) is 5.72. The minimum absolute atomic E-state index is 0.273. The third kappa shape index (κ3) is 1.53. The van der Waals surface area contributed by atoms with Crippen molar-refractivity contribution in [1.82, 2.24) is 5.32 Å². The van der Waals surface area contributed by atoms with Crippen LogP contribution in [-0.2, 0) is 0 Å². The molecule has 1 heterocycles. The number of hydrogen-bond donors (Lipinski definition) is 2. The first-order chi connectivity index (χ1) is 4.34. The van der Waals surface area contributed by atoms with E-state index in [1.54, 1.807) is 0 Å². The molecule has 0 spiro atoms. The van der Waals surface area contributed by atoms with Gasteiger partial charge in [0.1, 0.15) is 0 Å². The fraction of sp³-hybridized carbons (Fsp3) is 0.714. The monoisotopic (exact) mass is 127 g/mol. The van der Waals surface area contributed by atoms with Crippen LogP contribution in [0.25, 0.3) is 0 Å². The Kier molecular flexibility index (Phi) is 2.25. The maximum absolute atomic E-state index is 8.78. The van der Waals surface area contributed by atoms with Gasteiger partial charge in [0.05, 0.1) is 6.61 Å². The second kappa shape index (κ2) is 2.99. The lowest BCUT2D eigenvalue weighted by Gasteiger charge is -2.19. The fourth-order valence-electron chi connectivity index (χ4n) is 1.03. The van der Waals surface area contributed by atoms with Gasteiger partial charge < -0.3 is 10.4 Å². The van der Waals surface area contributed by atoms with Crippen LogP contribution in [0.15, 0.2) is 11.6 Å². The van der Waals surface area contributed by atoms with E-state index in [9.17, 15) is 0 Å². The standard InChI is InChI=1S/C7H13NO/c1-6-2-3-8-4-7(6)5-9/h2,7-9H,3-5H2,1H3. The highest BCUT2D eigenvalue weighted by Gasteiger charge is 2.11. The lowest BCUT2D eigenvalue weighted by Crippen LogP contribution is -2.30. The summed E-state index contributed by atoms with van der Waals surface area (Å²) in [5, 5.41) is 12.0. The van der Waals surface area contributed by atoms with E-state index in [1.807, 2.05) is 0 Å². The molecule has 0 radical (unpaired) electrons. The number of hydrogen-bond acceptors (Lipinski definition) is 2. The van der Waals surface area contributed by atoms with Crippen LogP contribution in [0.2, 0.25) is 0 Å². The van der Waals surface area contributed by atoms with Crippen LogP contribution in [0.4, 0.5) is 0 Å². The van der Waals surface area contributed by atoms with E-state index in [-0.39, 0.29) is 6.61 Å². The van der Waals surface area contributed by atoms with Gasteiger partial charge in [-0.1, -0.05) is 11.6 Å². The van der Waals surface area contributed by atoms with E-state index in [1.165, 1.54) is 5.57 Å². The first kappa shape index (κ1) is 6.78. The normalized spacial score (nSPS) is 27.8. The van der Waals surface area contributed by atoms with Gasteiger partial charge in [0, 0.05) is 19.0 Å². The molecule has 0 saturated carbocycles. The molecule has 1 aliphatic heterocycles. The third-order valence-corrected chi connectivity index (χ3v) is 1.82. The molecule has 1 aliphatic rings. The Morgan fingerprint density at radius 1 is 1.89 bits per heavy atom. The molecule has 0 fully saturated rings. The maximum Gasteiger partial charge on any atom is 0.0508 e. The summed E-state index contributed by atoms with van der Waals surface area (Å²) in [4.78, 5) is 0. The van der Waals surface area contributed by atoms with Crippen LogP contribution in [0, 0.1) is 5.92 Å². The summed E-state index contributed by atoms with van der Waals surface area (Å²) in [5.74, 6) is 0.360. The highest BCUT2D eigenvalue weighted by molar-refractivity contribution is 5.08. The Hall–Kier alpha value is -0.340. The zero-order chi connectivity index (χ0) is 6.69. The maximum atomic E-state index is 8.78. The summed E-state index contributed by atoms with van der Waals surface area (Å²) in [6, 6.07) is 0. The first-order valence-electron chi connectivity index (χ1n) is 3.33. The Morgan fingerprint density at radius 3 is 3.11 bits per heavy atom. The van der Waals surface area contributed by atoms with E-state index in [0.29, 0.717) is 5.92 Å². The van der Waals surface area contributed by atoms with Crippen molar-refractivity contribution in [3.63, 3.8) is 0 Å². The molecule has 0 saturated heterocycles. The van der Waals surface area contributed by atoms with Gasteiger partial charge in [-0.15, -0.1) is 0 Å². The van der Waals surface area contributed by atoms with Crippen molar-refractivity contribution < 1.29 is 5.11 Å². The summed E-state index contributed by atoms with van der Waals surface area (Å²) in [5.41, 5.74) is 1.32. The summed E-state index contributed by atoms with van der Waals surface area (Å²) >= 11 is 0. The topological polar surface area (TPSA) is 32.3 Å². The molecule has 2 heteroatoms. The van der Waals surface area contributed by atoms with Crippen molar-refractivity contribution in [1.29, 1.82) is 0 Å². The molecule has 0 aromatic heterocycles. The molecule has 52 valence electrons. The molecule has 0 bridgehead atoms. The molecule has 0 aromatic carbocycles. The number of nitrogens with one attached hydrogen (secondary N) is 1. The Bertz CT molecular complexity index is 120. The number of rotatable bonds is 1. The van der Waals surface area contributed by atoms with E-state index in [2.05, 4.69) is 18.3 Å². The molecule has 1 rings (SSSR count). The molecule has 0 amide bonds. The summed E-state index contributed by atoms with van der Waals surface area (Å²) in [6.07, 6.45) is 2.13. The molecule has 1 unspecified atom stereocenters. The first-order valence-corrected chi connectivity index (χ1v) is 3.33.